The molecule has 2 heterocycles. The van der Waals surface area contributed by atoms with Gasteiger partial charge in [-0.25, -0.2) is 0 Å². The second-order valence-electron chi connectivity index (χ2n) is 8.27. The van der Waals surface area contributed by atoms with E-state index in [9.17, 15) is 14.7 Å². The normalized spacial score (nSPS) is 28.5. The van der Waals surface area contributed by atoms with E-state index >= 15 is 0 Å². The van der Waals surface area contributed by atoms with Crippen LogP contribution in [-0.4, -0.2) is 60.8 Å². The first-order valence-corrected chi connectivity index (χ1v) is 10.0. The molecule has 28 heavy (non-hydrogen) atoms. The third-order valence-electron chi connectivity index (χ3n) is 6.14. The van der Waals surface area contributed by atoms with Crippen LogP contribution in [0.2, 0.25) is 0 Å². The summed E-state index contributed by atoms with van der Waals surface area (Å²) in [5.41, 5.74) is 1.79. The van der Waals surface area contributed by atoms with Gasteiger partial charge in [-0.1, -0.05) is 6.42 Å². The number of benzene rings is 1. The maximum Gasteiger partial charge on any atom is 0.227 e. The molecule has 2 amide bonds. The molecule has 1 aliphatic carbocycles. The average Bonchev–Trinajstić information content (AvgIpc) is 2.97. The maximum atomic E-state index is 12.3. The number of nitrogens with one attached hydrogen (secondary N) is 1. The van der Waals surface area contributed by atoms with Crippen molar-refractivity contribution >= 4 is 17.5 Å². The summed E-state index contributed by atoms with van der Waals surface area (Å²) < 4.78 is 12.0. The Morgan fingerprint density at radius 1 is 1.29 bits per heavy atom. The van der Waals surface area contributed by atoms with E-state index in [0.29, 0.717) is 6.42 Å². The summed E-state index contributed by atoms with van der Waals surface area (Å²) in [4.78, 5) is 25.9. The highest BCUT2D eigenvalue weighted by Crippen LogP contribution is 2.47. The number of rotatable bonds is 5. The van der Waals surface area contributed by atoms with Crippen LogP contribution in [0.15, 0.2) is 18.2 Å². The minimum Gasteiger partial charge on any atom is -0.487 e. The Labute approximate surface area is 165 Å². The molecule has 0 radical (unpaired) electrons. The van der Waals surface area contributed by atoms with E-state index in [0.717, 1.165) is 36.3 Å². The lowest BCUT2D eigenvalue weighted by Gasteiger charge is -2.37. The standard InChI is InChI=1S/C21H28N2O5/c1-23(2)19(25)10-14-9-16-15-8-13(22-21(26)12-4-3-5-12)6-7-17(15)28-20(16)18(11-24)27-14/h6-8,12,14,16,18,20,24H,3-5,9-11H2,1-2H3,(H,22,26)/t14-,16-,18+,20+/m1/s1. The summed E-state index contributed by atoms with van der Waals surface area (Å²) in [5.74, 6) is 0.998. The van der Waals surface area contributed by atoms with E-state index in [1.54, 1.807) is 19.0 Å². The van der Waals surface area contributed by atoms with Crippen molar-refractivity contribution < 1.29 is 24.2 Å². The van der Waals surface area contributed by atoms with Gasteiger partial charge in [-0.2, -0.15) is 0 Å². The Morgan fingerprint density at radius 3 is 2.71 bits per heavy atom. The zero-order valence-corrected chi connectivity index (χ0v) is 16.4. The molecule has 7 nitrogen and oxygen atoms in total. The predicted molar refractivity (Wildman–Crippen MR) is 103 cm³/mol. The zero-order chi connectivity index (χ0) is 19.8. The van der Waals surface area contributed by atoms with Gasteiger partial charge >= 0.3 is 0 Å². The van der Waals surface area contributed by atoms with Crippen LogP contribution in [0, 0.1) is 5.92 Å². The number of hydrogen-bond acceptors (Lipinski definition) is 5. The SMILES string of the molecule is CN(C)C(=O)C[C@H]1C[C@@H]2c3cc(NC(=O)C4CCC4)ccc3O[C@@H]2[C@H](CO)O1. The van der Waals surface area contributed by atoms with Crippen LogP contribution < -0.4 is 10.1 Å². The van der Waals surface area contributed by atoms with Gasteiger partial charge in [-0.15, -0.1) is 0 Å². The fourth-order valence-corrected chi connectivity index (χ4v) is 4.26. The monoisotopic (exact) mass is 388 g/mol. The van der Waals surface area contributed by atoms with Gasteiger partial charge in [0.25, 0.3) is 0 Å². The molecule has 2 aliphatic heterocycles. The molecule has 0 bridgehead atoms. The smallest absolute Gasteiger partial charge is 0.227 e. The van der Waals surface area contributed by atoms with Gasteiger partial charge < -0.3 is 24.8 Å². The third-order valence-corrected chi connectivity index (χ3v) is 6.14. The van der Waals surface area contributed by atoms with Gasteiger partial charge in [0.1, 0.15) is 18.0 Å². The molecular weight excluding hydrogens is 360 g/mol. The number of aliphatic hydroxyl groups is 1. The molecule has 1 aromatic carbocycles. The van der Waals surface area contributed by atoms with Crippen molar-refractivity contribution in [3.8, 4) is 5.75 Å². The molecule has 7 heteroatoms. The van der Waals surface area contributed by atoms with Gasteiger partial charge in [-0.3, -0.25) is 9.59 Å². The Morgan fingerprint density at radius 2 is 2.07 bits per heavy atom. The molecule has 4 rings (SSSR count). The molecule has 3 aliphatic rings. The number of amides is 2. The van der Waals surface area contributed by atoms with Crippen LogP contribution in [0.4, 0.5) is 5.69 Å². The van der Waals surface area contributed by atoms with Crippen LogP contribution in [0.25, 0.3) is 0 Å². The van der Waals surface area contributed by atoms with Crippen LogP contribution in [0.3, 0.4) is 0 Å². The maximum absolute atomic E-state index is 12.3. The lowest BCUT2D eigenvalue weighted by Crippen LogP contribution is -2.47. The topological polar surface area (TPSA) is 88.1 Å². The second kappa shape index (κ2) is 7.72. The Bertz CT molecular complexity index is 761. The van der Waals surface area contributed by atoms with Crippen molar-refractivity contribution in [2.45, 2.75) is 56.3 Å². The van der Waals surface area contributed by atoms with Crippen molar-refractivity contribution in [3.05, 3.63) is 23.8 Å². The van der Waals surface area contributed by atoms with E-state index < -0.39 is 6.10 Å². The summed E-state index contributed by atoms with van der Waals surface area (Å²) in [6, 6.07) is 5.70. The number of fused-ring (bicyclic) bond motifs is 3. The summed E-state index contributed by atoms with van der Waals surface area (Å²) in [7, 11) is 3.45. The van der Waals surface area contributed by atoms with Gasteiger partial charge in [0, 0.05) is 37.2 Å². The van der Waals surface area contributed by atoms with Crippen molar-refractivity contribution in [3.63, 3.8) is 0 Å². The van der Waals surface area contributed by atoms with Crippen molar-refractivity contribution in [2.75, 3.05) is 26.0 Å². The largest absolute Gasteiger partial charge is 0.487 e. The van der Waals surface area contributed by atoms with Gasteiger partial charge in [0.05, 0.1) is 19.1 Å². The summed E-state index contributed by atoms with van der Waals surface area (Å²) in [5, 5.41) is 12.8. The van der Waals surface area contributed by atoms with Crippen molar-refractivity contribution in [1.29, 1.82) is 0 Å². The Balaban J connectivity index is 1.52. The van der Waals surface area contributed by atoms with E-state index in [2.05, 4.69) is 5.32 Å². The first-order chi connectivity index (χ1) is 13.5. The molecule has 0 spiro atoms. The molecule has 1 aromatic rings. The minimum absolute atomic E-state index is 0.000733. The second-order valence-corrected chi connectivity index (χ2v) is 8.27. The Hall–Kier alpha value is -2.12. The van der Waals surface area contributed by atoms with Gasteiger partial charge in [0.2, 0.25) is 11.8 Å². The quantitative estimate of drug-likeness (QED) is 0.804. The first kappa shape index (κ1) is 19.2. The van der Waals surface area contributed by atoms with E-state index in [1.807, 2.05) is 18.2 Å². The number of carbonyl (C=O) groups excluding carboxylic acids is 2. The number of aliphatic hydroxyl groups excluding tert-OH is 1. The van der Waals surface area contributed by atoms with Crippen LogP contribution in [-0.2, 0) is 14.3 Å². The van der Waals surface area contributed by atoms with E-state index in [1.165, 1.54) is 0 Å². The average molecular weight is 388 g/mol. The molecule has 152 valence electrons. The summed E-state index contributed by atoms with van der Waals surface area (Å²) in [6.45, 7) is -0.160. The third kappa shape index (κ3) is 3.61. The van der Waals surface area contributed by atoms with Crippen LogP contribution in [0.5, 0.6) is 5.75 Å². The van der Waals surface area contributed by atoms with Gasteiger partial charge in [-0.05, 0) is 37.5 Å². The van der Waals surface area contributed by atoms with E-state index in [4.69, 9.17) is 9.47 Å². The highest BCUT2D eigenvalue weighted by Gasteiger charge is 2.46. The molecule has 1 saturated heterocycles. The fraction of sp³-hybridized carbons (Fsp3) is 0.619. The molecule has 1 saturated carbocycles. The number of ether oxygens (including phenoxy) is 2. The molecule has 2 N–H and O–H groups in total. The lowest BCUT2D eigenvalue weighted by molar-refractivity contribution is -0.147. The molecular formula is C21H28N2O5. The van der Waals surface area contributed by atoms with Crippen molar-refractivity contribution in [2.24, 2.45) is 5.92 Å². The molecule has 0 unspecified atom stereocenters. The molecule has 4 atom stereocenters. The predicted octanol–water partition coefficient (Wildman–Crippen LogP) is 1.90. The summed E-state index contributed by atoms with van der Waals surface area (Å²) in [6.07, 6.45) is 2.95. The van der Waals surface area contributed by atoms with Crippen LogP contribution in [0.1, 0.15) is 43.6 Å². The Kier molecular flexibility index (Phi) is 5.29. The number of carbonyl (C=O) groups is 2. The highest BCUT2D eigenvalue weighted by atomic mass is 16.6. The van der Waals surface area contributed by atoms with Crippen molar-refractivity contribution in [1.82, 2.24) is 4.90 Å². The fourth-order valence-electron chi connectivity index (χ4n) is 4.26. The molecule has 0 aromatic heterocycles. The van der Waals surface area contributed by atoms with Crippen LogP contribution >= 0.6 is 0 Å². The zero-order valence-electron chi connectivity index (χ0n) is 16.4. The van der Waals surface area contributed by atoms with Gasteiger partial charge in [0.15, 0.2) is 0 Å². The number of hydrogen-bond donors (Lipinski definition) is 2. The lowest BCUT2D eigenvalue weighted by atomic mass is 9.83. The number of nitrogens with zero attached hydrogens (tertiary/aromatic N) is 1. The summed E-state index contributed by atoms with van der Waals surface area (Å²) >= 11 is 0. The van der Waals surface area contributed by atoms with E-state index in [-0.39, 0.29) is 48.9 Å². The molecule has 2 fully saturated rings. The highest BCUT2D eigenvalue weighted by molar-refractivity contribution is 5.93. The number of anilines is 1. The first-order valence-electron chi connectivity index (χ1n) is 10.0. The minimum atomic E-state index is -0.473.